The Labute approximate surface area is 95.4 Å². The van der Waals surface area contributed by atoms with Crippen LogP contribution in [0.4, 0.5) is 5.69 Å². The molecule has 86 valence electrons. The van der Waals surface area contributed by atoms with Gasteiger partial charge >= 0.3 is 5.97 Å². The molecule has 0 heterocycles. The zero-order chi connectivity index (χ0) is 13.0. The van der Waals surface area contributed by atoms with Gasteiger partial charge in [-0.05, 0) is 12.1 Å². The molecule has 0 saturated carbocycles. The molecule has 0 aliphatic heterocycles. The smallest absolute Gasteiger partial charge is 0.339 e. The van der Waals surface area contributed by atoms with Gasteiger partial charge in [0.2, 0.25) is 0 Å². The number of nitro groups is 1. The fourth-order valence-electron chi connectivity index (χ4n) is 1.29. The summed E-state index contributed by atoms with van der Waals surface area (Å²) in [5, 5.41) is 19.6. The maximum absolute atomic E-state index is 11.3. The lowest BCUT2D eigenvalue weighted by atomic mass is 10.0. The molecule has 1 aromatic rings. The van der Waals surface area contributed by atoms with Crippen molar-refractivity contribution in [2.45, 2.75) is 0 Å². The number of benzene rings is 1. The minimum atomic E-state index is -0.880. The van der Waals surface area contributed by atoms with Gasteiger partial charge in [-0.1, -0.05) is 0 Å². The number of hydrogen-bond acceptors (Lipinski definition) is 6. The summed E-state index contributed by atoms with van der Waals surface area (Å²) in [6.45, 7) is 0. The fourth-order valence-corrected chi connectivity index (χ4v) is 1.29. The van der Waals surface area contributed by atoms with E-state index in [0.717, 1.165) is 19.2 Å². The van der Waals surface area contributed by atoms with E-state index in [1.165, 1.54) is 6.07 Å². The van der Waals surface area contributed by atoms with Crippen LogP contribution in [0.2, 0.25) is 0 Å². The summed E-state index contributed by atoms with van der Waals surface area (Å²) < 4.78 is 4.39. The monoisotopic (exact) mass is 234 g/mol. The van der Waals surface area contributed by atoms with Crippen molar-refractivity contribution < 1.29 is 19.2 Å². The van der Waals surface area contributed by atoms with E-state index in [-0.39, 0.29) is 17.4 Å². The van der Waals surface area contributed by atoms with Gasteiger partial charge in [0, 0.05) is 0 Å². The molecule has 7 nitrogen and oxygen atoms in total. The third kappa shape index (κ3) is 2.10. The number of nitrogens with zero attached hydrogens (tertiary/aromatic N) is 2. The third-order valence-corrected chi connectivity index (χ3v) is 2.04. The maximum atomic E-state index is 11.3. The van der Waals surface area contributed by atoms with E-state index >= 15 is 0 Å². The largest absolute Gasteiger partial charge is 0.465 e. The molecule has 1 aromatic carbocycles. The van der Waals surface area contributed by atoms with Crippen LogP contribution >= 0.6 is 0 Å². The van der Waals surface area contributed by atoms with Crippen LogP contribution < -0.4 is 0 Å². The number of nitriles is 1. The van der Waals surface area contributed by atoms with Gasteiger partial charge in [-0.15, -0.1) is 0 Å². The lowest BCUT2D eigenvalue weighted by Crippen LogP contribution is -2.08. The Kier molecular flexibility index (Phi) is 3.51. The number of nitro benzene ring substituents is 1. The van der Waals surface area contributed by atoms with Gasteiger partial charge in [-0.3, -0.25) is 14.9 Å². The molecule has 0 aromatic heterocycles. The standard InChI is InChI=1S/C10H6N2O5/c1-17-10(14)7-3-2-6(5-13)9(12(15)16)8(7)4-11/h2-3,5H,1H3. The van der Waals surface area contributed by atoms with E-state index in [9.17, 15) is 19.7 Å². The molecule has 0 aliphatic rings. The van der Waals surface area contributed by atoms with Crippen molar-refractivity contribution in [1.82, 2.24) is 0 Å². The van der Waals surface area contributed by atoms with Gasteiger partial charge < -0.3 is 4.74 Å². The summed E-state index contributed by atoms with van der Waals surface area (Å²) in [6.07, 6.45) is 0.250. The van der Waals surface area contributed by atoms with Gasteiger partial charge in [0.1, 0.15) is 11.6 Å². The number of aldehydes is 1. The topological polar surface area (TPSA) is 110 Å². The van der Waals surface area contributed by atoms with Crippen molar-refractivity contribution in [1.29, 1.82) is 5.26 Å². The Hall–Kier alpha value is -2.75. The second-order valence-corrected chi connectivity index (χ2v) is 2.90. The van der Waals surface area contributed by atoms with Crippen molar-refractivity contribution >= 4 is 17.9 Å². The molecule has 17 heavy (non-hydrogen) atoms. The molecular formula is C10H6N2O5. The van der Waals surface area contributed by atoms with Gasteiger partial charge in [0.15, 0.2) is 6.29 Å². The van der Waals surface area contributed by atoms with Crippen molar-refractivity contribution in [3.05, 3.63) is 38.9 Å². The quantitative estimate of drug-likeness (QED) is 0.334. The average molecular weight is 234 g/mol. The van der Waals surface area contributed by atoms with E-state index in [4.69, 9.17) is 5.26 Å². The number of hydrogen-bond donors (Lipinski definition) is 0. The zero-order valence-corrected chi connectivity index (χ0v) is 8.67. The first-order valence-electron chi connectivity index (χ1n) is 4.31. The fraction of sp³-hybridized carbons (Fsp3) is 0.100. The van der Waals surface area contributed by atoms with Crippen LogP contribution in [-0.2, 0) is 4.74 Å². The molecule has 0 unspecified atom stereocenters. The van der Waals surface area contributed by atoms with Crippen molar-refractivity contribution in [2.75, 3.05) is 7.11 Å². The number of ether oxygens (including phenoxy) is 1. The van der Waals surface area contributed by atoms with Crippen LogP contribution in [0.1, 0.15) is 26.3 Å². The Balaban J connectivity index is 3.65. The van der Waals surface area contributed by atoms with Crippen LogP contribution in [0.5, 0.6) is 0 Å². The molecule has 0 amide bonds. The first-order chi connectivity index (χ1) is 8.06. The highest BCUT2D eigenvalue weighted by atomic mass is 16.6. The number of carbonyl (C=O) groups excluding carboxylic acids is 2. The van der Waals surface area contributed by atoms with E-state index < -0.39 is 22.1 Å². The minimum absolute atomic E-state index is 0.243. The van der Waals surface area contributed by atoms with Gasteiger partial charge in [-0.25, -0.2) is 4.79 Å². The highest BCUT2D eigenvalue weighted by molar-refractivity contribution is 5.96. The summed E-state index contributed by atoms with van der Waals surface area (Å²) in [5.41, 5.74) is -1.68. The summed E-state index contributed by atoms with van der Waals surface area (Å²) in [4.78, 5) is 31.8. The lowest BCUT2D eigenvalue weighted by Gasteiger charge is -2.03. The molecule has 0 radical (unpaired) electrons. The second kappa shape index (κ2) is 4.85. The van der Waals surface area contributed by atoms with E-state index in [1.54, 1.807) is 0 Å². The highest BCUT2D eigenvalue weighted by Crippen LogP contribution is 2.25. The SMILES string of the molecule is COC(=O)c1ccc(C=O)c([N+](=O)[O-])c1C#N. The highest BCUT2D eigenvalue weighted by Gasteiger charge is 2.26. The normalized spacial score (nSPS) is 9.18. The van der Waals surface area contributed by atoms with Gasteiger partial charge in [-0.2, -0.15) is 5.26 Å². The number of rotatable bonds is 3. The summed E-state index contributed by atoms with van der Waals surface area (Å²) in [6, 6.07) is 3.77. The average Bonchev–Trinajstić information content (AvgIpc) is 2.35. The summed E-state index contributed by atoms with van der Waals surface area (Å²) >= 11 is 0. The molecule has 0 bridgehead atoms. The van der Waals surface area contributed by atoms with Crippen LogP contribution in [-0.4, -0.2) is 24.3 Å². The number of methoxy groups -OCH3 is 1. The zero-order valence-electron chi connectivity index (χ0n) is 8.67. The number of esters is 1. The maximum Gasteiger partial charge on any atom is 0.339 e. The van der Waals surface area contributed by atoms with Crippen molar-refractivity contribution in [2.24, 2.45) is 0 Å². The van der Waals surface area contributed by atoms with Gasteiger partial charge in [0.25, 0.3) is 5.69 Å². The Bertz CT molecular complexity index is 544. The van der Waals surface area contributed by atoms with Crippen molar-refractivity contribution in [3.8, 4) is 6.07 Å². The lowest BCUT2D eigenvalue weighted by molar-refractivity contribution is -0.385. The first-order valence-corrected chi connectivity index (χ1v) is 4.31. The summed E-state index contributed by atoms with van der Waals surface area (Å²) in [7, 11) is 1.09. The van der Waals surface area contributed by atoms with Gasteiger partial charge in [0.05, 0.1) is 23.2 Å². The predicted octanol–water partition coefficient (Wildman–Crippen LogP) is 1.07. The predicted molar refractivity (Wildman–Crippen MR) is 54.5 cm³/mol. The molecule has 0 saturated heterocycles. The number of carbonyl (C=O) groups is 2. The van der Waals surface area contributed by atoms with Crippen molar-refractivity contribution in [3.63, 3.8) is 0 Å². The van der Waals surface area contributed by atoms with E-state index in [0.29, 0.717) is 0 Å². The first kappa shape index (κ1) is 12.3. The van der Waals surface area contributed by atoms with E-state index in [1.807, 2.05) is 0 Å². The molecule has 0 aliphatic carbocycles. The second-order valence-electron chi connectivity index (χ2n) is 2.90. The molecule has 0 atom stereocenters. The Morgan fingerprint density at radius 2 is 2.24 bits per heavy atom. The summed E-state index contributed by atoms with van der Waals surface area (Å²) in [5.74, 6) is -0.873. The van der Waals surface area contributed by atoms with Crippen LogP contribution in [0.15, 0.2) is 12.1 Å². The van der Waals surface area contributed by atoms with Crippen LogP contribution in [0.25, 0.3) is 0 Å². The molecule has 0 fully saturated rings. The minimum Gasteiger partial charge on any atom is -0.465 e. The molecule has 1 rings (SSSR count). The Morgan fingerprint density at radius 1 is 1.59 bits per heavy atom. The third-order valence-electron chi connectivity index (χ3n) is 2.04. The molecule has 0 N–H and O–H groups in total. The van der Waals surface area contributed by atoms with Crippen LogP contribution in [0, 0.1) is 21.4 Å². The molecule has 7 heteroatoms. The molecule has 0 spiro atoms. The molecular weight excluding hydrogens is 228 g/mol. The van der Waals surface area contributed by atoms with E-state index in [2.05, 4.69) is 4.74 Å². The van der Waals surface area contributed by atoms with Crippen LogP contribution in [0.3, 0.4) is 0 Å². The Morgan fingerprint density at radius 3 is 2.65 bits per heavy atom.